The van der Waals surface area contributed by atoms with E-state index in [1.807, 2.05) is 27.7 Å². The highest BCUT2D eigenvalue weighted by Crippen LogP contribution is 2.15. The molecule has 0 aromatic carbocycles. The molecule has 0 N–H and O–H groups in total. The first-order valence-corrected chi connectivity index (χ1v) is 10.7. The second kappa shape index (κ2) is 28.0. The van der Waals surface area contributed by atoms with Crippen LogP contribution >= 0.6 is 0 Å². The van der Waals surface area contributed by atoms with Crippen molar-refractivity contribution in [2.24, 2.45) is 0 Å². The summed E-state index contributed by atoms with van der Waals surface area (Å²) < 4.78 is 0. The van der Waals surface area contributed by atoms with Crippen molar-refractivity contribution < 1.29 is 0 Å². The standard InChI is InChI=1S/C12H20.C8H19N.2C2H6/c1-6-8-12(10(3)4)9-11(5)7-2;1-4-7-8-9(5-2)6-3;2*1-2/h7,9H,3,6,8H2,1-2,4-5H3;4-8H2,1-3H3;2*1-2H3/b11-7-,12-9-;;;. The maximum absolute atomic E-state index is 3.97. The van der Waals surface area contributed by atoms with Gasteiger partial charge in [0.2, 0.25) is 0 Å². The number of hydrogen-bond acceptors (Lipinski definition) is 1. The van der Waals surface area contributed by atoms with Crippen LogP contribution in [-0.4, -0.2) is 24.5 Å². The number of hydrogen-bond donors (Lipinski definition) is 0. The van der Waals surface area contributed by atoms with E-state index < -0.39 is 0 Å². The SMILES string of the molecule is C=C(C)/C(=C\C(C)=C/C)CCC.CC.CC.CCCCN(CC)CC. The number of unbranched alkanes of at least 4 members (excludes halogenated alkanes) is 1. The number of rotatable bonds is 9. The van der Waals surface area contributed by atoms with Gasteiger partial charge in [-0.3, -0.25) is 0 Å². The summed E-state index contributed by atoms with van der Waals surface area (Å²) in [5, 5.41) is 0. The minimum absolute atomic E-state index is 1.14. The van der Waals surface area contributed by atoms with E-state index in [1.165, 1.54) is 55.6 Å². The molecule has 0 aliphatic carbocycles. The number of nitrogens with zero attached hydrogens (tertiary/aromatic N) is 1. The lowest BCUT2D eigenvalue weighted by Gasteiger charge is -2.16. The van der Waals surface area contributed by atoms with E-state index in [0.29, 0.717) is 0 Å². The fourth-order valence-electron chi connectivity index (χ4n) is 1.96. The van der Waals surface area contributed by atoms with E-state index in [9.17, 15) is 0 Å². The molecule has 0 aliphatic heterocycles. The van der Waals surface area contributed by atoms with Gasteiger partial charge in [-0.2, -0.15) is 0 Å². The Labute approximate surface area is 162 Å². The highest BCUT2D eigenvalue weighted by Gasteiger charge is 1.96. The quantitative estimate of drug-likeness (QED) is 0.376. The Morgan fingerprint density at radius 1 is 0.880 bits per heavy atom. The molecule has 0 saturated carbocycles. The molecule has 0 heterocycles. The third-order valence-corrected chi connectivity index (χ3v) is 3.65. The Balaban J connectivity index is -0.000000150. The average Bonchev–Trinajstić information content (AvgIpc) is 2.65. The van der Waals surface area contributed by atoms with Crippen LogP contribution in [0.5, 0.6) is 0 Å². The van der Waals surface area contributed by atoms with Crippen LogP contribution in [0.3, 0.4) is 0 Å². The van der Waals surface area contributed by atoms with Gasteiger partial charge in [0.05, 0.1) is 0 Å². The van der Waals surface area contributed by atoms with Crippen LogP contribution in [0.25, 0.3) is 0 Å². The summed E-state index contributed by atoms with van der Waals surface area (Å²) in [6, 6.07) is 0. The highest BCUT2D eigenvalue weighted by atomic mass is 15.1. The van der Waals surface area contributed by atoms with Crippen LogP contribution in [0, 0.1) is 0 Å². The monoisotopic (exact) mass is 353 g/mol. The Morgan fingerprint density at radius 2 is 1.36 bits per heavy atom. The molecule has 152 valence electrons. The molecule has 0 spiro atoms. The fraction of sp³-hybridized carbons (Fsp3) is 0.750. The van der Waals surface area contributed by atoms with Gasteiger partial charge in [-0.15, -0.1) is 0 Å². The lowest BCUT2D eigenvalue weighted by molar-refractivity contribution is 0.299. The third kappa shape index (κ3) is 25.5. The largest absolute Gasteiger partial charge is 0.304 e. The van der Waals surface area contributed by atoms with Crippen molar-refractivity contribution in [3.05, 3.63) is 35.5 Å². The minimum atomic E-state index is 1.14. The van der Waals surface area contributed by atoms with Gasteiger partial charge in [-0.1, -0.05) is 98.1 Å². The van der Waals surface area contributed by atoms with Crippen molar-refractivity contribution in [3.8, 4) is 0 Å². The minimum Gasteiger partial charge on any atom is -0.304 e. The van der Waals surface area contributed by atoms with E-state index in [0.717, 1.165) is 6.42 Å². The molecule has 0 atom stereocenters. The van der Waals surface area contributed by atoms with Gasteiger partial charge in [0.25, 0.3) is 0 Å². The van der Waals surface area contributed by atoms with E-state index in [1.54, 1.807) is 0 Å². The summed E-state index contributed by atoms with van der Waals surface area (Å²) in [6.07, 6.45) is 9.35. The van der Waals surface area contributed by atoms with Gasteiger partial charge in [-0.25, -0.2) is 0 Å². The summed E-state index contributed by atoms with van der Waals surface area (Å²) in [7, 11) is 0. The van der Waals surface area contributed by atoms with Crippen LogP contribution in [0.15, 0.2) is 35.5 Å². The molecule has 0 bridgehead atoms. The second-order valence-corrected chi connectivity index (χ2v) is 5.61. The normalized spacial score (nSPS) is 10.7. The van der Waals surface area contributed by atoms with E-state index in [2.05, 4.69) is 72.1 Å². The summed E-state index contributed by atoms with van der Waals surface area (Å²) >= 11 is 0. The molecule has 0 saturated heterocycles. The number of allylic oxidation sites excluding steroid dienone is 5. The van der Waals surface area contributed by atoms with Crippen LogP contribution in [-0.2, 0) is 0 Å². The Hall–Kier alpha value is -0.820. The van der Waals surface area contributed by atoms with Crippen molar-refractivity contribution in [1.29, 1.82) is 0 Å². The Morgan fingerprint density at radius 3 is 1.64 bits per heavy atom. The van der Waals surface area contributed by atoms with Crippen molar-refractivity contribution in [2.75, 3.05) is 19.6 Å². The first kappa shape index (κ1) is 31.9. The van der Waals surface area contributed by atoms with Crippen LogP contribution < -0.4 is 0 Å². The van der Waals surface area contributed by atoms with Crippen LogP contribution in [0.4, 0.5) is 0 Å². The lowest BCUT2D eigenvalue weighted by atomic mass is 10.0. The zero-order valence-corrected chi connectivity index (χ0v) is 19.8. The molecular weight excluding hydrogens is 302 g/mol. The summed E-state index contributed by atoms with van der Waals surface area (Å²) in [4.78, 5) is 2.46. The zero-order valence-electron chi connectivity index (χ0n) is 19.8. The van der Waals surface area contributed by atoms with Gasteiger partial charge in [0, 0.05) is 0 Å². The molecular formula is C24H51N. The lowest BCUT2D eigenvalue weighted by Crippen LogP contribution is -2.23. The molecule has 0 radical (unpaired) electrons. The fourth-order valence-corrected chi connectivity index (χ4v) is 1.96. The van der Waals surface area contributed by atoms with E-state index in [4.69, 9.17) is 0 Å². The van der Waals surface area contributed by atoms with Gasteiger partial charge in [-0.05, 0) is 58.8 Å². The molecule has 1 heteroatoms. The van der Waals surface area contributed by atoms with Crippen molar-refractivity contribution >= 4 is 0 Å². The van der Waals surface area contributed by atoms with Gasteiger partial charge >= 0.3 is 0 Å². The Bertz CT molecular complexity index is 306. The smallest absolute Gasteiger partial charge is 0.00191 e. The molecule has 0 aliphatic rings. The highest BCUT2D eigenvalue weighted by molar-refractivity contribution is 5.33. The first-order valence-electron chi connectivity index (χ1n) is 10.7. The van der Waals surface area contributed by atoms with Gasteiger partial charge in [0.1, 0.15) is 0 Å². The van der Waals surface area contributed by atoms with Crippen molar-refractivity contribution in [3.63, 3.8) is 0 Å². The van der Waals surface area contributed by atoms with Gasteiger partial charge < -0.3 is 4.90 Å². The maximum Gasteiger partial charge on any atom is -0.00191 e. The average molecular weight is 354 g/mol. The predicted octanol–water partition coefficient (Wildman–Crippen LogP) is 8.44. The molecule has 0 fully saturated rings. The molecule has 25 heavy (non-hydrogen) atoms. The zero-order chi connectivity index (χ0) is 20.7. The van der Waals surface area contributed by atoms with Crippen LogP contribution in [0.2, 0.25) is 0 Å². The summed E-state index contributed by atoms with van der Waals surface area (Å²) in [5.74, 6) is 0. The summed E-state index contributed by atoms with van der Waals surface area (Å²) in [5.41, 5.74) is 3.90. The maximum atomic E-state index is 3.97. The Kier molecular flexibility index (Phi) is 35.7. The topological polar surface area (TPSA) is 3.24 Å². The molecule has 0 aromatic rings. The van der Waals surface area contributed by atoms with Crippen LogP contribution in [0.1, 0.15) is 102 Å². The predicted molar refractivity (Wildman–Crippen MR) is 123 cm³/mol. The van der Waals surface area contributed by atoms with Crippen molar-refractivity contribution in [1.82, 2.24) is 4.90 Å². The first-order chi connectivity index (χ1) is 12.0. The molecule has 1 nitrogen and oxygen atoms in total. The summed E-state index contributed by atoms with van der Waals surface area (Å²) in [6.45, 7) is 30.8. The van der Waals surface area contributed by atoms with E-state index >= 15 is 0 Å². The second-order valence-electron chi connectivity index (χ2n) is 5.61. The van der Waals surface area contributed by atoms with Crippen molar-refractivity contribution in [2.45, 2.75) is 102 Å². The molecule has 0 aromatic heterocycles. The van der Waals surface area contributed by atoms with Gasteiger partial charge in [0.15, 0.2) is 0 Å². The molecule has 0 amide bonds. The molecule has 0 rings (SSSR count). The third-order valence-electron chi connectivity index (χ3n) is 3.65. The molecule has 0 unspecified atom stereocenters. The van der Waals surface area contributed by atoms with E-state index in [-0.39, 0.29) is 0 Å².